The minimum absolute atomic E-state index is 0.235. The van der Waals surface area contributed by atoms with Gasteiger partial charge in [0.1, 0.15) is 5.75 Å². The Morgan fingerprint density at radius 3 is 2.31 bits per heavy atom. The van der Waals surface area contributed by atoms with Crippen molar-refractivity contribution in [1.29, 1.82) is 0 Å². The lowest BCUT2D eigenvalue weighted by atomic mass is 9.97. The van der Waals surface area contributed by atoms with Crippen molar-refractivity contribution >= 4 is 11.5 Å². The Balaban J connectivity index is 2.98. The first-order valence-electron chi connectivity index (χ1n) is 5.29. The van der Waals surface area contributed by atoms with E-state index in [9.17, 15) is 4.79 Å². The van der Waals surface area contributed by atoms with Crippen LogP contribution in [0.4, 0.5) is 0 Å². The van der Waals surface area contributed by atoms with Gasteiger partial charge in [-0.25, -0.2) is 0 Å². The molecule has 1 aromatic rings. The smallest absolute Gasteiger partial charge is 0.316 e. The Hall–Kier alpha value is -1.57. The second-order valence-electron chi connectivity index (χ2n) is 4.92. The van der Waals surface area contributed by atoms with Gasteiger partial charge in [0.2, 0.25) is 0 Å². The van der Waals surface area contributed by atoms with E-state index in [0.717, 1.165) is 11.1 Å². The number of allylic oxidation sites excluding steroid dienone is 1. The van der Waals surface area contributed by atoms with Gasteiger partial charge in [-0.05, 0) is 39.3 Å². The number of carbonyl (C=O) groups is 1. The first kappa shape index (κ1) is 12.5. The topological polar surface area (TPSA) is 26.3 Å². The Labute approximate surface area is 96.9 Å². The first-order valence-corrected chi connectivity index (χ1v) is 5.29. The largest absolute Gasteiger partial charge is 0.425 e. The second-order valence-corrected chi connectivity index (χ2v) is 4.92. The zero-order chi connectivity index (χ0) is 12.3. The predicted octanol–water partition coefficient (Wildman–Crippen LogP) is 3.67. The van der Waals surface area contributed by atoms with Crippen molar-refractivity contribution in [1.82, 2.24) is 0 Å². The van der Waals surface area contributed by atoms with Gasteiger partial charge in [0.15, 0.2) is 0 Å². The summed E-state index contributed by atoms with van der Waals surface area (Å²) in [5, 5.41) is 0. The molecule has 2 nitrogen and oxygen atoms in total. The van der Waals surface area contributed by atoms with Crippen molar-refractivity contribution in [3.05, 3.63) is 36.4 Å². The molecule has 86 valence electrons. The van der Waals surface area contributed by atoms with Gasteiger partial charge in [0, 0.05) is 5.56 Å². The lowest BCUT2D eigenvalue weighted by molar-refractivity contribution is -0.143. The maximum atomic E-state index is 11.8. The van der Waals surface area contributed by atoms with Crippen molar-refractivity contribution in [2.24, 2.45) is 5.41 Å². The highest BCUT2D eigenvalue weighted by atomic mass is 16.5. The van der Waals surface area contributed by atoms with E-state index in [1.165, 1.54) is 0 Å². The quantitative estimate of drug-likeness (QED) is 0.559. The highest BCUT2D eigenvalue weighted by Gasteiger charge is 2.24. The molecule has 0 unspecified atom stereocenters. The summed E-state index contributed by atoms with van der Waals surface area (Å²) in [5.74, 6) is 0.344. The van der Waals surface area contributed by atoms with Gasteiger partial charge in [-0.1, -0.05) is 24.8 Å². The van der Waals surface area contributed by atoms with Crippen molar-refractivity contribution in [2.75, 3.05) is 0 Å². The van der Waals surface area contributed by atoms with Crippen LogP contribution in [-0.4, -0.2) is 5.97 Å². The molecule has 1 rings (SSSR count). The molecule has 0 fully saturated rings. The molecule has 0 N–H and O–H groups in total. The van der Waals surface area contributed by atoms with Gasteiger partial charge in [-0.2, -0.15) is 0 Å². The number of hydrogen-bond donors (Lipinski definition) is 0. The van der Waals surface area contributed by atoms with Gasteiger partial charge in [0.05, 0.1) is 5.41 Å². The van der Waals surface area contributed by atoms with Gasteiger partial charge in [-0.15, -0.1) is 0 Å². The number of carbonyl (C=O) groups excluding carboxylic acids is 1. The van der Waals surface area contributed by atoms with Gasteiger partial charge < -0.3 is 4.74 Å². The van der Waals surface area contributed by atoms with E-state index in [1.54, 1.807) is 6.07 Å². The molecule has 0 spiro atoms. The van der Waals surface area contributed by atoms with Crippen molar-refractivity contribution < 1.29 is 9.53 Å². The predicted molar refractivity (Wildman–Crippen MR) is 66.2 cm³/mol. The summed E-state index contributed by atoms with van der Waals surface area (Å²) in [5.41, 5.74) is 1.26. The van der Waals surface area contributed by atoms with E-state index in [4.69, 9.17) is 4.74 Å². The van der Waals surface area contributed by atoms with E-state index >= 15 is 0 Å². The number of ether oxygens (including phenoxy) is 1. The van der Waals surface area contributed by atoms with Crippen molar-refractivity contribution in [3.63, 3.8) is 0 Å². The van der Waals surface area contributed by atoms with Gasteiger partial charge in [0.25, 0.3) is 0 Å². The Bertz CT molecular complexity index is 411. The van der Waals surface area contributed by atoms with Crippen LogP contribution in [0.5, 0.6) is 5.75 Å². The van der Waals surface area contributed by atoms with Crippen LogP contribution in [0, 0.1) is 5.41 Å². The fourth-order valence-corrected chi connectivity index (χ4v) is 1.16. The highest BCUT2D eigenvalue weighted by Crippen LogP contribution is 2.26. The number of para-hydroxylation sites is 1. The monoisotopic (exact) mass is 218 g/mol. The number of rotatable bonds is 2. The average Bonchev–Trinajstić information content (AvgIpc) is 2.16. The summed E-state index contributed by atoms with van der Waals surface area (Å²) in [4.78, 5) is 11.8. The molecule has 2 heteroatoms. The molecule has 0 amide bonds. The SMILES string of the molecule is C=C(C)c1ccccc1OC(=O)C(C)(C)C. The second kappa shape index (κ2) is 4.52. The molecule has 0 bridgehead atoms. The van der Waals surface area contributed by atoms with Crippen LogP contribution in [-0.2, 0) is 4.79 Å². The van der Waals surface area contributed by atoms with E-state index in [1.807, 2.05) is 45.9 Å². The van der Waals surface area contributed by atoms with E-state index < -0.39 is 5.41 Å². The van der Waals surface area contributed by atoms with Crippen LogP contribution >= 0.6 is 0 Å². The van der Waals surface area contributed by atoms with Crippen LogP contribution < -0.4 is 4.74 Å². The Morgan fingerprint density at radius 2 is 1.81 bits per heavy atom. The third-order valence-electron chi connectivity index (χ3n) is 2.16. The molecule has 0 aromatic heterocycles. The Morgan fingerprint density at radius 1 is 1.25 bits per heavy atom. The molecule has 0 radical (unpaired) electrons. The van der Waals surface area contributed by atoms with E-state index in [0.29, 0.717) is 5.75 Å². The summed E-state index contributed by atoms with van der Waals surface area (Å²) in [6.07, 6.45) is 0. The summed E-state index contributed by atoms with van der Waals surface area (Å²) >= 11 is 0. The lowest BCUT2D eigenvalue weighted by Crippen LogP contribution is -2.25. The zero-order valence-electron chi connectivity index (χ0n) is 10.3. The third-order valence-corrected chi connectivity index (χ3v) is 2.16. The number of benzene rings is 1. The Kier molecular flexibility index (Phi) is 3.53. The fourth-order valence-electron chi connectivity index (χ4n) is 1.16. The van der Waals surface area contributed by atoms with Gasteiger partial charge in [-0.3, -0.25) is 4.79 Å². The molecule has 0 aliphatic carbocycles. The van der Waals surface area contributed by atoms with E-state index in [2.05, 4.69) is 6.58 Å². The van der Waals surface area contributed by atoms with Crippen molar-refractivity contribution in [2.45, 2.75) is 27.7 Å². The van der Waals surface area contributed by atoms with Gasteiger partial charge >= 0.3 is 5.97 Å². The highest BCUT2D eigenvalue weighted by molar-refractivity contribution is 5.80. The van der Waals surface area contributed by atoms with Crippen LogP contribution in [0.15, 0.2) is 30.8 Å². The van der Waals surface area contributed by atoms with Crippen LogP contribution in [0.3, 0.4) is 0 Å². The average molecular weight is 218 g/mol. The minimum atomic E-state index is -0.498. The summed E-state index contributed by atoms with van der Waals surface area (Å²) in [6, 6.07) is 7.43. The van der Waals surface area contributed by atoms with Crippen LogP contribution in [0.25, 0.3) is 5.57 Å². The molecule has 16 heavy (non-hydrogen) atoms. The maximum absolute atomic E-state index is 11.8. The van der Waals surface area contributed by atoms with Crippen LogP contribution in [0.2, 0.25) is 0 Å². The summed E-state index contributed by atoms with van der Waals surface area (Å²) < 4.78 is 5.37. The molecule has 1 aromatic carbocycles. The molecule has 0 aliphatic heterocycles. The number of esters is 1. The summed E-state index contributed by atoms with van der Waals surface area (Å²) in [7, 11) is 0. The third kappa shape index (κ3) is 2.96. The molecular weight excluding hydrogens is 200 g/mol. The van der Waals surface area contributed by atoms with Crippen molar-refractivity contribution in [3.8, 4) is 5.75 Å². The molecule has 0 heterocycles. The fraction of sp³-hybridized carbons (Fsp3) is 0.357. The lowest BCUT2D eigenvalue weighted by Gasteiger charge is -2.18. The number of hydrogen-bond acceptors (Lipinski definition) is 2. The first-order chi connectivity index (χ1) is 7.32. The molecular formula is C14H18O2. The molecule has 0 saturated heterocycles. The standard InChI is InChI=1S/C14H18O2/c1-10(2)11-8-6-7-9-12(11)16-13(15)14(3,4)5/h6-9H,1H2,2-5H3. The molecule has 0 atom stereocenters. The molecule has 0 saturated carbocycles. The molecule has 0 aliphatic rings. The van der Waals surface area contributed by atoms with Crippen LogP contribution in [0.1, 0.15) is 33.3 Å². The maximum Gasteiger partial charge on any atom is 0.316 e. The zero-order valence-corrected chi connectivity index (χ0v) is 10.3. The van der Waals surface area contributed by atoms with E-state index in [-0.39, 0.29) is 5.97 Å². The minimum Gasteiger partial charge on any atom is -0.425 e. The summed E-state index contributed by atoms with van der Waals surface area (Å²) in [6.45, 7) is 11.3. The normalized spacial score (nSPS) is 11.0.